The van der Waals surface area contributed by atoms with Gasteiger partial charge in [-0.2, -0.15) is 13.2 Å². The van der Waals surface area contributed by atoms with E-state index in [0.29, 0.717) is 38.6 Å². The minimum absolute atomic E-state index is 0.0752. The van der Waals surface area contributed by atoms with E-state index in [1.54, 1.807) is 4.90 Å². The van der Waals surface area contributed by atoms with Crippen molar-refractivity contribution in [2.75, 3.05) is 32.7 Å². The lowest BCUT2D eigenvalue weighted by Crippen LogP contribution is -2.58. The van der Waals surface area contributed by atoms with Crippen molar-refractivity contribution in [1.82, 2.24) is 15.1 Å². The van der Waals surface area contributed by atoms with Crippen LogP contribution in [0.1, 0.15) is 54.9 Å². The molecule has 3 rings (SSSR count). The SMILES string of the molecule is CCCNC(=O)C(C1CCCC1)N1CCN(C(=O)c2ccc(C(F)(F)F)cc2)CC1. The van der Waals surface area contributed by atoms with Gasteiger partial charge in [0.25, 0.3) is 5.91 Å². The molecule has 166 valence electrons. The monoisotopic (exact) mass is 425 g/mol. The number of carbonyl (C=O) groups is 2. The molecule has 0 spiro atoms. The first-order chi connectivity index (χ1) is 14.3. The van der Waals surface area contributed by atoms with Crippen LogP contribution in [0.25, 0.3) is 0 Å². The number of rotatable bonds is 6. The van der Waals surface area contributed by atoms with Gasteiger partial charge in [-0.05, 0) is 49.4 Å². The Bertz CT molecular complexity index is 722. The van der Waals surface area contributed by atoms with Crippen molar-refractivity contribution in [1.29, 1.82) is 0 Å². The lowest BCUT2D eigenvalue weighted by molar-refractivity contribution is -0.137. The van der Waals surface area contributed by atoms with Crippen LogP contribution in [0.3, 0.4) is 0 Å². The Morgan fingerprint density at radius 3 is 2.20 bits per heavy atom. The molecule has 2 fully saturated rings. The van der Waals surface area contributed by atoms with Crippen LogP contribution in [0.2, 0.25) is 0 Å². The third kappa shape index (κ3) is 5.33. The summed E-state index contributed by atoms with van der Waals surface area (Å²) in [5.74, 6) is 0.154. The molecule has 1 atom stereocenters. The first kappa shape index (κ1) is 22.6. The van der Waals surface area contributed by atoms with Crippen LogP contribution in [0.5, 0.6) is 0 Å². The molecule has 1 aliphatic heterocycles. The topological polar surface area (TPSA) is 52.7 Å². The summed E-state index contributed by atoms with van der Waals surface area (Å²) in [6.07, 6.45) is 0.867. The Balaban J connectivity index is 1.61. The number of benzene rings is 1. The van der Waals surface area contributed by atoms with E-state index in [9.17, 15) is 22.8 Å². The van der Waals surface area contributed by atoms with Crippen LogP contribution in [-0.4, -0.2) is 60.4 Å². The second kappa shape index (κ2) is 9.81. The molecule has 0 aromatic heterocycles. The molecule has 1 heterocycles. The van der Waals surface area contributed by atoms with Gasteiger partial charge in [-0.1, -0.05) is 19.8 Å². The van der Waals surface area contributed by atoms with Crippen molar-refractivity contribution >= 4 is 11.8 Å². The first-order valence-electron chi connectivity index (χ1n) is 10.8. The smallest absolute Gasteiger partial charge is 0.355 e. The van der Waals surface area contributed by atoms with Crippen molar-refractivity contribution < 1.29 is 22.8 Å². The Morgan fingerprint density at radius 1 is 1.07 bits per heavy atom. The fourth-order valence-electron chi connectivity index (χ4n) is 4.49. The highest BCUT2D eigenvalue weighted by atomic mass is 19.4. The molecule has 2 amide bonds. The van der Waals surface area contributed by atoms with Gasteiger partial charge in [0.05, 0.1) is 11.6 Å². The summed E-state index contributed by atoms with van der Waals surface area (Å²) in [6, 6.07) is 4.19. The largest absolute Gasteiger partial charge is 0.416 e. The maximum Gasteiger partial charge on any atom is 0.416 e. The zero-order valence-corrected chi connectivity index (χ0v) is 17.4. The molecular weight excluding hydrogens is 395 g/mol. The molecule has 0 bridgehead atoms. The second-order valence-corrected chi connectivity index (χ2v) is 8.18. The summed E-state index contributed by atoms with van der Waals surface area (Å²) in [5.41, 5.74) is -0.508. The Morgan fingerprint density at radius 2 is 1.67 bits per heavy atom. The molecule has 1 N–H and O–H groups in total. The molecule has 0 radical (unpaired) electrons. The van der Waals surface area contributed by atoms with Crippen molar-refractivity contribution in [2.45, 2.75) is 51.2 Å². The minimum Gasteiger partial charge on any atom is -0.355 e. The number of hydrogen-bond donors (Lipinski definition) is 1. The fraction of sp³-hybridized carbons (Fsp3) is 0.636. The van der Waals surface area contributed by atoms with Crippen LogP contribution in [0.15, 0.2) is 24.3 Å². The quantitative estimate of drug-likeness (QED) is 0.759. The van der Waals surface area contributed by atoms with E-state index in [1.165, 1.54) is 12.1 Å². The van der Waals surface area contributed by atoms with E-state index < -0.39 is 11.7 Å². The number of alkyl halides is 3. The highest BCUT2D eigenvalue weighted by molar-refractivity contribution is 5.94. The van der Waals surface area contributed by atoms with E-state index in [4.69, 9.17) is 0 Å². The van der Waals surface area contributed by atoms with Gasteiger partial charge in [0, 0.05) is 38.3 Å². The van der Waals surface area contributed by atoms with E-state index in [1.807, 2.05) is 6.92 Å². The van der Waals surface area contributed by atoms with Gasteiger partial charge in [-0.15, -0.1) is 0 Å². The average Bonchev–Trinajstić information content (AvgIpc) is 3.26. The third-order valence-electron chi connectivity index (χ3n) is 6.12. The fourth-order valence-corrected chi connectivity index (χ4v) is 4.49. The maximum atomic E-state index is 12.8. The van der Waals surface area contributed by atoms with E-state index in [2.05, 4.69) is 10.2 Å². The van der Waals surface area contributed by atoms with Crippen LogP contribution < -0.4 is 5.32 Å². The van der Waals surface area contributed by atoms with E-state index in [0.717, 1.165) is 44.2 Å². The van der Waals surface area contributed by atoms with Crippen LogP contribution >= 0.6 is 0 Å². The Kier molecular flexibility index (Phi) is 7.39. The van der Waals surface area contributed by atoms with Crippen LogP contribution in [-0.2, 0) is 11.0 Å². The van der Waals surface area contributed by atoms with Gasteiger partial charge >= 0.3 is 6.18 Å². The van der Waals surface area contributed by atoms with Crippen molar-refractivity contribution in [3.63, 3.8) is 0 Å². The van der Waals surface area contributed by atoms with Gasteiger partial charge in [0.15, 0.2) is 0 Å². The molecule has 1 saturated heterocycles. The molecule has 1 unspecified atom stereocenters. The van der Waals surface area contributed by atoms with Crippen molar-refractivity contribution in [3.05, 3.63) is 35.4 Å². The molecule has 1 aliphatic carbocycles. The summed E-state index contributed by atoms with van der Waals surface area (Å²) in [7, 11) is 0. The molecular formula is C22H30F3N3O2. The molecule has 1 saturated carbocycles. The maximum absolute atomic E-state index is 12.8. The Labute approximate surface area is 175 Å². The number of nitrogens with zero attached hydrogens (tertiary/aromatic N) is 2. The highest BCUT2D eigenvalue weighted by Crippen LogP contribution is 2.32. The number of halogens is 3. The molecule has 1 aromatic rings. The number of nitrogens with one attached hydrogen (secondary N) is 1. The predicted octanol–water partition coefficient (Wildman–Crippen LogP) is 3.55. The molecule has 5 nitrogen and oxygen atoms in total. The number of carbonyl (C=O) groups excluding carboxylic acids is 2. The number of piperazine rings is 1. The zero-order chi connectivity index (χ0) is 21.7. The van der Waals surface area contributed by atoms with Crippen LogP contribution in [0.4, 0.5) is 13.2 Å². The lowest BCUT2D eigenvalue weighted by Gasteiger charge is -2.40. The zero-order valence-electron chi connectivity index (χ0n) is 17.4. The summed E-state index contributed by atoms with van der Waals surface area (Å²) in [4.78, 5) is 29.4. The van der Waals surface area contributed by atoms with Crippen LogP contribution in [0, 0.1) is 5.92 Å². The van der Waals surface area contributed by atoms with E-state index in [-0.39, 0.29) is 23.4 Å². The number of hydrogen-bond acceptors (Lipinski definition) is 3. The standard InChI is InChI=1S/C22H30F3N3O2/c1-2-11-26-20(29)19(16-5-3-4-6-16)27-12-14-28(15-13-27)21(30)17-7-9-18(10-8-17)22(23,24)25/h7-10,16,19H,2-6,11-15H2,1H3,(H,26,29). The van der Waals surface area contributed by atoms with Gasteiger partial charge in [0.1, 0.15) is 0 Å². The summed E-state index contributed by atoms with van der Waals surface area (Å²) in [5, 5.41) is 3.03. The summed E-state index contributed by atoms with van der Waals surface area (Å²) in [6.45, 7) is 4.79. The predicted molar refractivity (Wildman–Crippen MR) is 108 cm³/mol. The van der Waals surface area contributed by atoms with Gasteiger partial charge in [-0.3, -0.25) is 14.5 Å². The minimum atomic E-state index is -4.42. The van der Waals surface area contributed by atoms with Gasteiger partial charge in [-0.25, -0.2) is 0 Å². The van der Waals surface area contributed by atoms with Gasteiger partial charge in [0.2, 0.25) is 5.91 Å². The average molecular weight is 425 g/mol. The molecule has 8 heteroatoms. The highest BCUT2D eigenvalue weighted by Gasteiger charge is 2.37. The van der Waals surface area contributed by atoms with Crippen molar-refractivity contribution in [3.8, 4) is 0 Å². The molecule has 1 aromatic carbocycles. The van der Waals surface area contributed by atoms with Gasteiger partial charge < -0.3 is 10.2 Å². The molecule has 2 aliphatic rings. The first-order valence-corrected chi connectivity index (χ1v) is 10.8. The summed E-state index contributed by atoms with van der Waals surface area (Å²) < 4.78 is 38.2. The Hall–Kier alpha value is -2.09. The number of amides is 2. The lowest BCUT2D eigenvalue weighted by atomic mass is 9.95. The van der Waals surface area contributed by atoms with E-state index >= 15 is 0 Å². The second-order valence-electron chi connectivity index (χ2n) is 8.18. The van der Waals surface area contributed by atoms with Crippen molar-refractivity contribution in [2.24, 2.45) is 5.92 Å². The summed E-state index contributed by atoms with van der Waals surface area (Å²) >= 11 is 0. The third-order valence-corrected chi connectivity index (χ3v) is 6.12. The molecule has 30 heavy (non-hydrogen) atoms. The normalized spacial score (nSPS) is 19.7.